The Morgan fingerprint density at radius 3 is 0.823 bits per heavy atom. The molecule has 0 aliphatic rings. The number of nitriles is 4. The molecule has 2 atom stereocenters. The SMILES string of the molecule is CCC(C)COC(=O)OCO/C(=C(/C#N)c1ccc(C(C)(C)C)cc1)c1c(Cl)c(C)nn1C.CCCC(C)OC(=O)OCO/C(=C(/C#N)c1ccc(C(C)(C)C)cc1)c1c(Cl)c(C)nn1C.Cc1nn(C)c(/C(OCOC(=O)OCCC(C)C)=C(\C#N)c2ccc(C(C)(C)C)cc2)c1Cl.Cc1nn(C)c(/C(OCOC(=O)OCCCl)=C(\C#N)c2ccc(C(C)(C)C)cc2)c1Cl. The summed E-state index contributed by atoms with van der Waals surface area (Å²) in [4.78, 5) is 47.4. The molecule has 4 aromatic carbocycles. The summed E-state index contributed by atoms with van der Waals surface area (Å²) in [6.07, 6.45) is -0.476. The van der Waals surface area contributed by atoms with Gasteiger partial charge in [-0.3, -0.25) is 18.7 Å². The van der Waals surface area contributed by atoms with Crippen LogP contribution < -0.4 is 0 Å². The quantitative estimate of drug-likeness (QED) is 0.00972. The molecule has 0 fully saturated rings. The first kappa shape index (κ1) is 109. The zero-order chi connectivity index (χ0) is 97.5. The summed E-state index contributed by atoms with van der Waals surface area (Å²) < 4.78 is 69.4. The van der Waals surface area contributed by atoms with Crippen molar-refractivity contribution in [3.8, 4) is 24.3 Å². The molecule has 8 aromatic rings. The van der Waals surface area contributed by atoms with E-state index in [1.807, 2.05) is 132 Å². The number of hydrogen-bond donors (Lipinski definition) is 0. The Hall–Kier alpha value is -11.6. The lowest BCUT2D eigenvalue weighted by atomic mass is 9.86. The first-order valence-electron chi connectivity index (χ1n) is 42.1. The number of hydrogen-bond acceptors (Lipinski definition) is 24. The van der Waals surface area contributed by atoms with Crippen LogP contribution in [0.5, 0.6) is 0 Å². The van der Waals surface area contributed by atoms with E-state index in [4.69, 9.17) is 115 Å². The van der Waals surface area contributed by atoms with Gasteiger partial charge >= 0.3 is 24.6 Å². The number of benzene rings is 4. The van der Waals surface area contributed by atoms with Crippen LogP contribution in [0, 0.1) is 84.9 Å². The number of allylic oxidation sites excluding steroid dienone is 4. The normalized spacial score (nSPS) is 12.6. The maximum atomic E-state index is 12.0. The van der Waals surface area contributed by atoms with E-state index in [1.54, 1.807) is 62.8 Å². The fraction of sp³-hybridized carbons (Fsp3) is 0.464. The Labute approximate surface area is 789 Å². The largest absolute Gasteiger partial charge is 0.511 e. The van der Waals surface area contributed by atoms with Crippen molar-refractivity contribution >= 4 is 128 Å². The molecule has 0 N–H and O–H groups in total. The molecular formula is C97H121Cl5N12O16. The lowest BCUT2D eigenvalue weighted by Crippen LogP contribution is -2.17. The molecule has 0 amide bonds. The van der Waals surface area contributed by atoms with Crippen LogP contribution in [0.15, 0.2) is 97.1 Å². The number of nitrogens with zero attached hydrogens (tertiary/aromatic N) is 12. The van der Waals surface area contributed by atoms with Crippen LogP contribution >= 0.6 is 58.0 Å². The third-order valence-corrected chi connectivity index (χ3v) is 21.8. The minimum atomic E-state index is -0.930. The number of carbonyl (C=O) groups is 4. The molecule has 700 valence electrons. The Morgan fingerprint density at radius 1 is 0.369 bits per heavy atom. The molecule has 0 saturated heterocycles. The molecule has 0 saturated carbocycles. The Balaban J connectivity index is 0.000000307. The molecule has 0 aliphatic carbocycles. The van der Waals surface area contributed by atoms with Gasteiger partial charge in [0.15, 0.2) is 23.0 Å². The fourth-order valence-corrected chi connectivity index (χ4v) is 13.3. The number of aromatic nitrogens is 8. The van der Waals surface area contributed by atoms with Crippen LogP contribution in [0.25, 0.3) is 45.3 Å². The molecule has 0 spiro atoms. The molecule has 2 unspecified atom stereocenters. The van der Waals surface area contributed by atoms with Crippen LogP contribution in [-0.4, -0.2) is 123 Å². The standard InChI is InChI=1S/3C25H32ClN3O4.C22H25Cl2N3O4/c1-16(2)12-13-31-24(30)33-15-32-23(22-21(26)17(3)28-29(22)7)20(14-27)18-8-10-19(11-9-18)25(4,5)6;1-8-16(2)14-31-24(30)33-15-32-23(22-21(26)17(3)28-29(22)7)20(13-27)18-9-11-19(12-10-18)25(4,5)6;1-8-9-16(2)33-24(30)32-15-31-23(22-21(26)17(3)28-29(22)7)20(14-27)18-10-12-19(13-11-18)25(4,5)6;1-14-18(24)19(27(5)26-14)20(30-13-31-21(28)29-11-10-23)17(12-25)15-6-8-16(9-7-15)22(2,3)4/h8-11,16H,12-13,15H2,1-7H3;9-12,16H,8,14-15H2,1-7H3;10-13,16H,8-9,15H2,1-7H3;6-9H,10-11,13H2,1-5H3/b3*23-20-;20-17-. The van der Waals surface area contributed by atoms with Crippen LogP contribution in [0.4, 0.5) is 19.2 Å². The lowest BCUT2D eigenvalue weighted by molar-refractivity contribution is -0.0216. The fourth-order valence-electron chi connectivity index (χ4n) is 12.2. The molecule has 28 nitrogen and oxygen atoms in total. The summed E-state index contributed by atoms with van der Waals surface area (Å²) in [5, 5.41) is 58.6. The van der Waals surface area contributed by atoms with E-state index in [1.165, 1.54) is 18.7 Å². The van der Waals surface area contributed by atoms with E-state index < -0.39 is 51.8 Å². The lowest BCUT2D eigenvalue weighted by Gasteiger charge is -2.19. The van der Waals surface area contributed by atoms with Gasteiger partial charge in [-0.15, -0.1) is 11.6 Å². The maximum Gasteiger partial charge on any atom is 0.511 e. The summed E-state index contributed by atoms with van der Waals surface area (Å²) in [7, 11) is 6.80. The molecule has 0 radical (unpaired) electrons. The first-order valence-corrected chi connectivity index (χ1v) is 44.2. The van der Waals surface area contributed by atoms with Crippen LogP contribution in [0.1, 0.15) is 240 Å². The van der Waals surface area contributed by atoms with Crippen molar-refractivity contribution in [2.75, 3.05) is 52.9 Å². The molecule has 8 rings (SSSR count). The number of ether oxygens (including phenoxy) is 12. The second kappa shape index (κ2) is 50.5. The molecule has 0 aliphatic heterocycles. The average Bonchev–Trinajstić information content (AvgIpc) is 1.59. The Kier molecular flexibility index (Phi) is 42.3. The van der Waals surface area contributed by atoms with E-state index in [0.29, 0.717) is 93.8 Å². The van der Waals surface area contributed by atoms with Gasteiger partial charge in [-0.05, 0) is 125 Å². The summed E-state index contributed by atoms with van der Waals surface area (Å²) in [5.74, 6) is 1.43. The van der Waals surface area contributed by atoms with E-state index in [-0.39, 0.29) is 105 Å². The predicted octanol–water partition coefficient (Wildman–Crippen LogP) is 24.3. The highest BCUT2D eigenvalue weighted by atomic mass is 35.5. The van der Waals surface area contributed by atoms with Crippen LogP contribution in [0.2, 0.25) is 20.1 Å². The summed E-state index contributed by atoms with van der Waals surface area (Å²) in [6, 6.07) is 39.4. The molecule has 130 heavy (non-hydrogen) atoms. The van der Waals surface area contributed by atoms with Gasteiger partial charge in [0.2, 0.25) is 27.2 Å². The summed E-state index contributed by atoms with van der Waals surface area (Å²) in [5.41, 5.74) is 11.9. The highest BCUT2D eigenvalue weighted by Gasteiger charge is 2.30. The number of aryl methyl sites for hydroxylation is 8. The number of rotatable bonds is 31. The van der Waals surface area contributed by atoms with Gasteiger partial charge in [-0.1, -0.05) is 274 Å². The second-order valence-electron chi connectivity index (χ2n) is 34.8. The third kappa shape index (κ3) is 31.9. The zero-order valence-electron chi connectivity index (χ0n) is 79.2. The first-order chi connectivity index (χ1) is 61.0. The number of alkyl halides is 1. The van der Waals surface area contributed by atoms with E-state index >= 15 is 0 Å². The van der Waals surface area contributed by atoms with Crippen LogP contribution in [0.3, 0.4) is 0 Å². The topological polar surface area (TPSA) is 345 Å². The third-order valence-electron chi connectivity index (χ3n) is 19.9. The molecule has 4 heterocycles. The average molecular weight is 1890 g/mol. The van der Waals surface area contributed by atoms with E-state index in [9.17, 15) is 40.2 Å². The second-order valence-corrected chi connectivity index (χ2v) is 36.7. The van der Waals surface area contributed by atoms with Crippen molar-refractivity contribution in [2.45, 2.75) is 206 Å². The minimum Gasteiger partial charge on any atom is -0.453 e. The molecule has 33 heteroatoms. The van der Waals surface area contributed by atoms with Gasteiger partial charge in [0.25, 0.3) is 0 Å². The summed E-state index contributed by atoms with van der Waals surface area (Å²) in [6.45, 7) is 43.0. The van der Waals surface area contributed by atoms with E-state index in [0.717, 1.165) is 47.9 Å². The van der Waals surface area contributed by atoms with E-state index in [2.05, 4.69) is 128 Å². The van der Waals surface area contributed by atoms with Crippen molar-refractivity contribution < 1.29 is 76.0 Å². The van der Waals surface area contributed by atoms with Crippen molar-refractivity contribution in [1.82, 2.24) is 39.1 Å². The van der Waals surface area contributed by atoms with Crippen molar-refractivity contribution in [3.63, 3.8) is 0 Å². The molecule has 0 bridgehead atoms. The highest BCUT2D eigenvalue weighted by molar-refractivity contribution is 6.34. The minimum absolute atomic E-state index is 0.0133. The van der Waals surface area contributed by atoms with Gasteiger partial charge < -0.3 is 56.8 Å². The Morgan fingerprint density at radius 2 is 0.615 bits per heavy atom. The monoisotopic (exact) mass is 1880 g/mol. The molecule has 4 aromatic heterocycles. The van der Waals surface area contributed by atoms with Gasteiger partial charge in [-0.2, -0.15) is 41.4 Å². The molecular weight excluding hydrogens is 1770 g/mol. The van der Waals surface area contributed by atoms with Crippen LogP contribution in [-0.2, 0) is 107 Å². The van der Waals surface area contributed by atoms with Gasteiger partial charge in [0, 0.05) is 28.2 Å². The predicted molar refractivity (Wildman–Crippen MR) is 505 cm³/mol. The number of halogens is 5. The van der Waals surface area contributed by atoms with Crippen molar-refractivity contribution in [3.05, 3.63) is 207 Å². The van der Waals surface area contributed by atoms with Crippen molar-refractivity contribution in [1.29, 1.82) is 21.0 Å². The zero-order valence-corrected chi connectivity index (χ0v) is 83.0. The number of carbonyl (C=O) groups excluding carboxylic acids is 4. The van der Waals surface area contributed by atoms with Gasteiger partial charge in [-0.25, -0.2) is 19.2 Å². The van der Waals surface area contributed by atoms with Gasteiger partial charge in [0.1, 0.15) is 82.1 Å². The highest BCUT2D eigenvalue weighted by Crippen LogP contribution is 2.40. The maximum absolute atomic E-state index is 12.0. The van der Waals surface area contributed by atoms with Crippen molar-refractivity contribution in [2.24, 2.45) is 40.0 Å². The van der Waals surface area contributed by atoms with Gasteiger partial charge in [0.05, 0.1) is 62.0 Å². The summed E-state index contributed by atoms with van der Waals surface area (Å²) >= 11 is 31.4. The Bertz CT molecular complexity index is 5470. The smallest absolute Gasteiger partial charge is 0.453 e.